The van der Waals surface area contributed by atoms with E-state index in [4.69, 9.17) is 16.3 Å². The van der Waals surface area contributed by atoms with Gasteiger partial charge in [0.2, 0.25) is 0 Å². The van der Waals surface area contributed by atoms with Crippen molar-refractivity contribution in [2.75, 3.05) is 5.32 Å². The second-order valence-corrected chi connectivity index (χ2v) is 7.96. The molecule has 0 heterocycles. The number of halogens is 1. The van der Waals surface area contributed by atoms with Crippen LogP contribution < -0.4 is 10.6 Å². The largest absolute Gasteiger partial charge is 0.451 e. The molecule has 10 heteroatoms. The number of carbonyl (C=O) groups is 3. The molecule has 2 rings (SSSR count). The summed E-state index contributed by atoms with van der Waals surface area (Å²) >= 11 is 5.97. The van der Waals surface area contributed by atoms with Crippen LogP contribution in [0.15, 0.2) is 42.5 Å². The second-order valence-electron chi connectivity index (χ2n) is 7.55. The van der Waals surface area contributed by atoms with Gasteiger partial charge in [0.05, 0.1) is 15.6 Å². The molecule has 0 bridgehead atoms. The van der Waals surface area contributed by atoms with Crippen molar-refractivity contribution >= 4 is 40.8 Å². The number of hydrogen-bond donors (Lipinski definition) is 2. The van der Waals surface area contributed by atoms with E-state index < -0.39 is 34.9 Å². The molecule has 0 saturated heterocycles. The van der Waals surface area contributed by atoms with Crippen LogP contribution in [0, 0.1) is 23.0 Å². The molecule has 2 amide bonds. The highest BCUT2D eigenvalue weighted by Gasteiger charge is 2.29. The normalized spacial score (nSPS) is 12.6. The first-order chi connectivity index (χ1) is 15.0. The number of non-ortho nitro benzene ring substituents is 1. The predicted molar refractivity (Wildman–Crippen MR) is 120 cm³/mol. The maximum atomic E-state index is 12.6. The minimum Gasteiger partial charge on any atom is -0.451 e. The summed E-state index contributed by atoms with van der Waals surface area (Å²) in [6, 6.07) is 9.47. The van der Waals surface area contributed by atoms with E-state index in [2.05, 4.69) is 10.6 Å². The predicted octanol–water partition coefficient (Wildman–Crippen LogP) is 3.88. The molecule has 2 aromatic carbocycles. The number of nitrogens with one attached hydrogen (secondary N) is 2. The first kappa shape index (κ1) is 24.8. The van der Waals surface area contributed by atoms with Crippen LogP contribution in [0.2, 0.25) is 5.02 Å². The highest BCUT2D eigenvalue weighted by atomic mass is 35.5. The Balaban J connectivity index is 2.02. The molecule has 9 nitrogen and oxygen atoms in total. The van der Waals surface area contributed by atoms with Crippen molar-refractivity contribution in [3.8, 4) is 0 Å². The zero-order valence-electron chi connectivity index (χ0n) is 18.0. The summed E-state index contributed by atoms with van der Waals surface area (Å²) in [7, 11) is 0. The molecule has 0 spiro atoms. The maximum absolute atomic E-state index is 12.6. The minimum atomic E-state index is -1.20. The van der Waals surface area contributed by atoms with Crippen molar-refractivity contribution < 1.29 is 24.0 Å². The second kappa shape index (κ2) is 10.7. The van der Waals surface area contributed by atoms with Crippen molar-refractivity contribution in [2.24, 2.45) is 5.92 Å². The van der Waals surface area contributed by atoms with Crippen molar-refractivity contribution in [2.45, 2.75) is 39.8 Å². The summed E-state index contributed by atoms with van der Waals surface area (Å²) in [5.41, 5.74) is 1.30. The number of rotatable bonds is 8. The van der Waals surface area contributed by atoms with Crippen LogP contribution in [0.25, 0.3) is 0 Å². The molecule has 0 aliphatic rings. The van der Waals surface area contributed by atoms with Crippen molar-refractivity contribution in [1.29, 1.82) is 0 Å². The summed E-state index contributed by atoms with van der Waals surface area (Å²) in [5.74, 6) is -2.17. The van der Waals surface area contributed by atoms with Gasteiger partial charge in [0.15, 0.2) is 6.10 Å². The van der Waals surface area contributed by atoms with Crippen LogP contribution in [0.4, 0.5) is 11.4 Å². The molecule has 170 valence electrons. The molecule has 0 aromatic heterocycles. The van der Waals surface area contributed by atoms with Gasteiger partial charge in [-0.2, -0.15) is 0 Å². The number of ether oxygens (including phenoxy) is 1. The third-order valence-electron chi connectivity index (χ3n) is 4.60. The zero-order chi connectivity index (χ0) is 24.0. The van der Waals surface area contributed by atoms with E-state index in [1.807, 2.05) is 6.92 Å². The number of aryl methyl sites for hydroxylation is 1. The Morgan fingerprint density at radius 2 is 1.69 bits per heavy atom. The summed E-state index contributed by atoms with van der Waals surface area (Å²) in [4.78, 5) is 47.7. The van der Waals surface area contributed by atoms with Crippen LogP contribution >= 0.6 is 11.6 Å². The summed E-state index contributed by atoms with van der Waals surface area (Å²) < 4.78 is 5.25. The van der Waals surface area contributed by atoms with Crippen LogP contribution in [-0.2, 0) is 14.3 Å². The van der Waals surface area contributed by atoms with E-state index in [0.29, 0.717) is 5.56 Å². The summed E-state index contributed by atoms with van der Waals surface area (Å²) in [5, 5.41) is 15.9. The molecule has 0 aliphatic carbocycles. The average molecular weight is 462 g/mol. The number of carbonyl (C=O) groups excluding carboxylic acids is 3. The fraction of sp³-hybridized carbons (Fsp3) is 0.318. The number of hydrogen-bond acceptors (Lipinski definition) is 6. The number of esters is 1. The highest BCUT2D eigenvalue weighted by Crippen LogP contribution is 2.26. The van der Waals surface area contributed by atoms with E-state index in [1.165, 1.54) is 19.1 Å². The SMILES string of the molecule is Cc1ccc(C(=O)N[C@H](C(=O)O[C@@H](C)C(=O)Nc2ccc([N+](=O)[O-])cc2Cl)C(C)C)cc1. The van der Waals surface area contributed by atoms with Gasteiger partial charge in [-0.3, -0.25) is 19.7 Å². The van der Waals surface area contributed by atoms with Gasteiger partial charge < -0.3 is 15.4 Å². The van der Waals surface area contributed by atoms with E-state index in [0.717, 1.165) is 11.6 Å². The smallest absolute Gasteiger partial charge is 0.329 e. The van der Waals surface area contributed by atoms with Crippen molar-refractivity contribution in [1.82, 2.24) is 5.32 Å². The average Bonchev–Trinajstić information content (AvgIpc) is 2.73. The molecule has 0 aliphatic heterocycles. The molecule has 0 radical (unpaired) electrons. The highest BCUT2D eigenvalue weighted by molar-refractivity contribution is 6.34. The van der Waals surface area contributed by atoms with E-state index in [-0.39, 0.29) is 22.3 Å². The molecular weight excluding hydrogens is 438 g/mol. The minimum absolute atomic E-state index is 0.0310. The van der Waals surface area contributed by atoms with Gasteiger partial charge in [0.1, 0.15) is 6.04 Å². The van der Waals surface area contributed by atoms with Crippen molar-refractivity contribution in [3.05, 3.63) is 68.7 Å². The molecule has 0 fully saturated rings. The quantitative estimate of drug-likeness (QED) is 0.349. The van der Waals surface area contributed by atoms with Gasteiger partial charge in [0, 0.05) is 17.7 Å². The fourth-order valence-electron chi connectivity index (χ4n) is 2.68. The van der Waals surface area contributed by atoms with Gasteiger partial charge in [0.25, 0.3) is 17.5 Å². The van der Waals surface area contributed by atoms with Crippen molar-refractivity contribution in [3.63, 3.8) is 0 Å². The van der Waals surface area contributed by atoms with E-state index in [1.54, 1.807) is 38.1 Å². The maximum Gasteiger partial charge on any atom is 0.329 e. The molecule has 0 saturated carbocycles. The Kier molecular flexibility index (Phi) is 8.31. The number of amides is 2. The first-order valence-electron chi connectivity index (χ1n) is 9.82. The Morgan fingerprint density at radius 3 is 2.22 bits per heavy atom. The number of anilines is 1. The molecule has 2 aromatic rings. The number of nitrogens with zero attached hydrogens (tertiary/aromatic N) is 1. The lowest BCUT2D eigenvalue weighted by molar-refractivity contribution is -0.384. The lowest BCUT2D eigenvalue weighted by Gasteiger charge is -2.23. The zero-order valence-corrected chi connectivity index (χ0v) is 18.8. The molecule has 2 N–H and O–H groups in total. The monoisotopic (exact) mass is 461 g/mol. The Labute approximate surface area is 190 Å². The topological polar surface area (TPSA) is 128 Å². The lowest BCUT2D eigenvalue weighted by Crippen LogP contribution is -2.47. The molecule has 2 atom stereocenters. The standard InChI is InChI=1S/C22H24ClN3O6/c1-12(2)19(25-21(28)15-7-5-13(3)6-8-15)22(29)32-14(4)20(27)24-18-10-9-16(26(30)31)11-17(18)23/h5-12,14,19H,1-4H3,(H,24,27)(H,25,28)/t14-,19-/m0/s1. The Morgan fingerprint density at radius 1 is 1.06 bits per heavy atom. The van der Waals surface area contributed by atoms with Gasteiger partial charge in [-0.1, -0.05) is 43.1 Å². The summed E-state index contributed by atoms with van der Waals surface area (Å²) in [6.07, 6.45) is -1.20. The summed E-state index contributed by atoms with van der Waals surface area (Å²) in [6.45, 7) is 6.74. The van der Waals surface area contributed by atoms with Crippen LogP contribution in [0.5, 0.6) is 0 Å². The van der Waals surface area contributed by atoms with Gasteiger partial charge in [-0.15, -0.1) is 0 Å². The van der Waals surface area contributed by atoms with Crippen LogP contribution in [0.3, 0.4) is 0 Å². The molecular formula is C22H24ClN3O6. The lowest BCUT2D eigenvalue weighted by atomic mass is 10.0. The molecule has 0 unspecified atom stereocenters. The van der Waals surface area contributed by atoms with E-state index in [9.17, 15) is 24.5 Å². The van der Waals surface area contributed by atoms with Crippen LogP contribution in [-0.4, -0.2) is 34.9 Å². The first-order valence-corrected chi connectivity index (χ1v) is 10.2. The number of nitro benzene ring substituents is 1. The Hall–Kier alpha value is -3.46. The number of nitro groups is 1. The fourth-order valence-corrected chi connectivity index (χ4v) is 2.90. The van der Waals surface area contributed by atoms with Gasteiger partial charge in [-0.05, 0) is 38.0 Å². The van der Waals surface area contributed by atoms with Gasteiger partial charge >= 0.3 is 5.97 Å². The van der Waals surface area contributed by atoms with Gasteiger partial charge in [-0.25, -0.2) is 4.79 Å². The third-order valence-corrected chi connectivity index (χ3v) is 4.92. The Bertz CT molecular complexity index is 1020. The van der Waals surface area contributed by atoms with Crippen LogP contribution in [0.1, 0.15) is 36.7 Å². The van der Waals surface area contributed by atoms with E-state index >= 15 is 0 Å². The third kappa shape index (κ3) is 6.52. The number of benzene rings is 2. The molecule has 32 heavy (non-hydrogen) atoms.